The van der Waals surface area contributed by atoms with Gasteiger partial charge in [-0.15, -0.1) is 0 Å². The third-order valence-electron chi connectivity index (χ3n) is 3.02. The summed E-state index contributed by atoms with van der Waals surface area (Å²) < 4.78 is 23.5. The Morgan fingerprint density at radius 1 is 1.10 bits per heavy atom. The van der Waals surface area contributed by atoms with Gasteiger partial charge < -0.3 is 9.47 Å². The van der Waals surface area contributed by atoms with Gasteiger partial charge in [0, 0.05) is 6.42 Å². The molecule has 0 fully saturated rings. The molecule has 110 valence electrons. The molecule has 0 aliphatic heterocycles. The zero-order chi connectivity index (χ0) is 15.2. The van der Waals surface area contributed by atoms with E-state index in [0.717, 1.165) is 11.1 Å². The predicted octanol–water partition coefficient (Wildman–Crippen LogP) is 3.33. The van der Waals surface area contributed by atoms with E-state index in [1.807, 2.05) is 19.1 Å². The first-order chi connectivity index (χ1) is 10.1. The summed E-state index contributed by atoms with van der Waals surface area (Å²) in [6.45, 7) is 1.91. The fourth-order valence-electron chi connectivity index (χ4n) is 1.93. The largest absolute Gasteiger partial charge is 0.493 e. The van der Waals surface area contributed by atoms with Gasteiger partial charge in [-0.3, -0.25) is 4.79 Å². The van der Waals surface area contributed by atoms with Crippen LogP contribution in [0.2, 0.25) is 0 Å². The van der Waals surface area contributed by atoms with E-state index in [0.29, 0.717) is 11.5 Å². The van der Waals surface area contributed by atoms with Gasteiger partial charge in [-0.05, 0) is 42.3 Å². The minimum absolute atomic E-state index is 0.0448. The molecule has 0 heterocycles. The van der Waals surface area contributed by atoms with Crippen LogP contribution in [0.25, 0.3) is 0 Å². The minimum atomic E-state index is -0.313. The van der Waals surface area contributed by atoms with Crippen LogP contribution in [0.4, 0.5) is 4.39 Å². The van der Waals surface area contributed by atoms with Crippen molar-refractivity contribution in [1.82, 2.24) is 0 Å². The van der Waals surface area contributed by atoms with Crippen molar-refractivity contribution < 1.29 is 18.7 Å². The number of carbonyl (C=O) groups is 1. The van der Waals surface area contributed by atoms with Crippen molar-refractivity contribution in [1.29, 1.82) is 0 Å². The molecular formula is C17H17FO3. The van der Waals surface area contributed by atoms with Crippen LogP contribution in [0, 0.1) is 12.7 Å². The molecule has 0 aromatic heterocycles. The van der Waals surface area contributed by atoms with Gasteiger partial charge in [0.15, 0.2) is 17.3 Å². The summed E-state index contributed by atoms with van der Waals surface area (Å²) in [5.74, 6) is 0.746. The quantitative estimate of drug-likeness (QED) is 0.818. The highest BCUT2D eigenvalue weighted by molar-refractivity contribution is 5.82. The number of carbonyl (C=O) groups excluding carboxylic acids is 1. The molecule has 2 aromatic carbocycles. The Morgan fingerprint density at radius 3 is 2.48 bits per heavy atom. The molecule has 3 nitrogen and oxygen atoms in total. The van der Waals surface area contributed by atoms with Crippen LogP contribution in [-0.2, 0) is 11.2 Å². The molecule has 0 amide bonds. The van der Waals surface area contributed by atoms with Crippen molar-refractivity contribution in [2.45, 2.75) is 13.3 Å². The first-order valence-corrected chi connectivity index (χ1v) is 6.62. The van der Waals surface area contributed by atoms with Crippen molar-refractivity contribution in [2.24, 2.45) is 0 Å². The summed E-state index contributed by atoms with van der Waals surface area (Å²) in [6, 6.07) is 11.4. The van der Waals surface area contributed by atoms with Gasteiger partial charge in [0.1, 0.15) is 12.4 Å². The summed E-state index contributed by atoms with van der Waals surface area (Å²) in [6.07, 6.45) is 0.217. The molecule has 0 saturated heterocycles. The molecule has 2 rings (SSSR count). The van der Waals surface area contributed by atoms with Crippen molar-refractivity contribution in [3.63, 3.8) is 0 Å². The Kier molecular flexibility index (Phi) is 4.93. The van der Waals surface area contributed by atoms with Crippen LogP contribution in [0.3, 0.4) is 0 Å². The Hall–Kier alpha value is -2.36. The smallest absolute Gasteiger partial charge is 0.174 e. The van der Waals surface area contributed by atoms with Crippen LogP contribution in [0.1, 0.15) is 11.1 Å². The summed E-state index contributed by atoms with van der Waals surface area (Å²) in [7, 11) is 1.56. The summed E-state index contributed by atoms with van der Waals surface area (Å²) in [5.41, 5.74) is 1.82. The number of hydrogen-bond donors (Lipinski definition) is 0. The standard InChI is InChI=1S/C17H17FO3/c1-12-3-8-16(17(9-12)20-2)21-11-15(19)10-13-4-6-14(18)7-5-13/h3-9H,10-11H2,1-2H3. The third kappa shape index (κ3) is 4.31. The molecule has 0 N–H and O–H groups in total. The lowest BCUT2D eigenvalue weighted by Gasteiger charge is -2.10. The molecular weight excluding hydrogens is 271 g/mol. The van der Waals surface area contributed by atoms with Gasteiger partial charge in [-0.25, -0.2) is 4.39 Å². The zero-order valence-corrected chi connectivity index (χ0v) is 12.1. The fraction of sp³-hybridized carbons (Fsp3) is 0.235. The number of rotatable bonds is 6. The van der Waals surface area contributed by atoms with E-state index in [9.17, 15) is 9.18 Å². The summed E-state index contributed by atoms with van der Waals surface area (Å²) >= 11 is 0. The topological polar surface area (TPSA) is 35.5 Å². The van der Waals surface area contributed by atoms with E-state index in [-0.39, 0.29) is 24.6 Å². The second-order valence-electron chi connectivity index (χ2n) is 4.78. The van der Waals surface area contributed by atoms with E-state index in [2.05, 4.69) is 0 Å². The maximum absolute atomic E-state index is 12.8. The first kappa shape index (κ1) is 15.0. The lowest BCUT2D eigenvalue weighted by molar-refractivity contribution is -0.120. The maximum atomic E-state index is 12.8. The fourth-order valence-corrected chi connectivity index (χ4v) is 1.93. The third-order valence-corrected chi connectivity index (χ3v) is 3.02. The van der Waals surface area contributed by atoms with Crippen LogP contribution >= 0.6 is 0 Å². The highest BCUT2D eigenvalue weighted by Crippen LogP contribution is 2.27. The van der Waals surface area contributed by atoms with Crippen molar-refractivity contribution >= 4 is 5.78 Å². The number of hydrogen-bond acceptors (Lipinski definition) is 3. The lowest BCUT2D eigenvalue weighted by atomic mass is 10.1. The van der Waals surface area contributed by atoms with Crippen LogP contribution in [0.15, 0.2) is 42.5 Å². The van der Waals surface area contributed by atoms with Crippen molar-refractivity contribution in [2.75, 3.05) is 13.7 Å². The number of ketones is 1. The van der Waals surface area contributed by atoms with Gasteiger partial charge in [-0.1, -0.05) is 18.2 Å². The van der Waals surface area contributed by atoms with Gasteiger partial charge >= 0.3 is 0 Å². The molecule has 0 atom stereocenters. The van der Waals surface area contributed by atoms with E-state index in [1.54, 1.807) is 25.3 Å². The van der Waals surface area contributed by atoms with Gasteiger partial charge in [0.25, 0.3) is 0 Å². The second-order valence-corrected chi connectivity index (χ2v) is 4.78. The Morgan fingerprint density at radius 2 is 1.81 bits per heavy atom. The molecule has 0 spiro atoms. The number of benzene rings is 2. The highest BCUT2D eigenvalue weighted by atomic mass is 19.1. The monoisotopic (exact) mass is 288 g/mol. The van der Waals surface area contributed by atoms with Gasteiger partial charge in [0.2, 0.25) is 0 Å². The Balaban J connectivity index is 1.93. The average molecular weight is 288 g/mol. The molecule has 0 aliphatic carbocycles. The van der Waals surface area contributed by atoms with Crippen molar-refractivity contribution in [3.05, 3.63) is 59.4 Å². The molecule has 21 heavy (non-hydrogen) atoms. The number of ether oxygens (including phenoxy) is 2. The SMILES string of the molecule is COc1cc(C)ccc1OCC(=O)Cc1ccc(F)cc1. The molecule has 0 bridgehead atoms. The van der Waals surface area contributed by atoms with E-state index < -0.39 is 0 Å². The molecule has 0 aliphatic rings. The predicted molar refractivity (Wildman–Crippen MR) is 78.3 cm³/mol. The lowest BCUT2D eigenvalue weighted by Crippen LogP contribution is -2.14. The molecule has 0 saturated carbocycles. The van der Waals surface area contributed by atoms with Gasteiger partial charge in [-0.2, -0.15) is 0 Å². The number of halogens is 1. The zero-order valence-electron chi connectivity index (χ0n) is 12.1. The normalized spacial score (nSPS) is 10.2. The number of Topliss-reactive ketones (excluding diaryl/α,β-unsaturated/α-hetero) is 1. The first-order valence-electron chi connectivity index (χ1n) is 6.62. The molecule has 2 aromatic rings. The van der Waals surface area contributed by atoms with Crippen LogP contribution < -0.4 is 9.47 Å². The molecule has 0 unspecified atom stereocenters. The molecule has 4 heteroatoms. The molecule has 0 radical (unpaired) electrons. The second kappa shape index (κ2) is 6.88. The van der Waals surface area contributed by atoms with E-state index in [4.69, 9.17) is 9.47 Å². The number of aryl methyl sites for hydroxylation is 1. The average Bonchev–Trinajstić information content (AvgIpc) is 2.48. The minimum Gasteiger partial charge on any atom is -0.493 e. The summed E-state index contributed by atoms with van der Waals surface area (Å²) in [5, 5.41) is 0. The van der Waals surface area contributed by atoms with Crippen LogP contribution in [-0.4, -0.2) is 19.5 Å². The summed E-state index contributed by atoms with van der Waals surface area (Å²) in [4.78, 5) is 11.9. The number of methoxy groups -OCH3 is 1. The van der Waals surface area contributed by atoms with Crippen molar-refractivity contribution in [3.8, 4) is 11.5 Å². The van der Waals surface area contributed by atoms with Gasteiger partial charge in [0.05, 0.1) is 7.11 Å². The Bertz CT molecular complexity index is 620. The van der Waals surface area contributed by atoms with E-state index in [1.165, 1.54) is 12.1 Å². The Labute approximate surface area is 123 Å². The highest BCUT2D eigenvalue weighted by Gasteiger charge is 2.09. The maximum Gasteiger partial charge on any atom is 0.174 e. The van der Waals surface area contributed by atoms with E-state index >= 15 is 0 Å². The van der Waals surface area contributed by atoms with Crippen LogP contribution in [0.5, 0.6) is 11.5 Å².